The summed E-state index contributed by atoms with van der Waals surface area (Å²) in [4.78, 5) is 9.21. The van der Waals surface area contributed by atoms with Gasteiger partial charge in [-0.15, -0.1) is 5.10 Å². The molecule has 0 bridgehead atoms. The quantitative estimate of drug-likeness (QED) is 0.422. The molecule has 0 atom stereocenters. The minimum atomic E-state index is -0.289. The molecule has 0 spiro atoms. The van der Waals surface area contributed by atoms with E-state index in [0.29, 0.717) is 35.3 Å². The van der Waals surface area contributed by atoms with Crippen molar-refractivity contribution in [3.63, 3.8) is 0 Å². The highest BCUT2D eigenvalue weighted by atomic mass is 19.1. The van der Waals surface area contributed by atoms with Gasteiger partial charge in [0.1, 0.15) is 11.6 Å². The number of hydrogen-bond acceptors (Lipinski definition) is 7. The fraction of sp³-hybridized carbons (Fsp3) is 0.292. The largest absolute Gasteiger partial charge is 0.493 e. The molecule has 2 aromatic heterocycles. The van der Waals surface area contributed by atoms with Crippen LogP contribution in [0.3, 0.4) is 0 Å². The highest BCUT2D eigenvalue weighted by Crippen LogP contribution is 2.41. The van der Waals surface area contributed by atoms with E-state index in [1.165, 1.54) is 12.1 Å². The second-order valence-corrected chi connectivity index (χ2v) is 7.46. The second-order valence-electron chi connectivity index (χ2n) is 7.46. The average molecular weight is 452 g/mol. The van der Waals surface area contributed by atoms with Gasteiger partial charge in [0.05, 0.1) is 21.3 Å². The molecule has 0 saturated carbocycles. The monoisotopic (exact) mass is 451 g/mol. The van der Waals surface area contributed by atoms with Gasteiger partial charge in [0.2, 0.25) is 5.75 Å². The number of hydrogen-bond donors (Lipinski definition) is 1. The SMILES string of the molecule is CCc1c(C)nc2nc(Cc3cccc(F)c3)nn2c1Nc1cc(OC)c(OC)c(OC)c1. The molecule has 2 heterocycles. The van der Waals surface area contributed by atoms with E-state index in [1.807, 2.05) is 25.1 Å². The minimum Gasteiger partial charge on any atom is -0.493 e. The van der Waals surface area contributed by atoms with Gasteiger partial charge in [-0.25, -0.2) is 9.37 Å². The summed E-state index contributed by atoms with van der Waals surface area (Å²) in [5.74, 6) is 3.04. The lowest BCUT2D eigenvalue weighted by atomic mass is 10.1. The maximum absolute atomic E-state index is 13.6. The molecule has 172 valence electrons. The molecule has 0 aliphatic rings. The average Bonchev–Trinajstić information content (AvgIpc) is 3.20. The van der Waals surface area contributed by atoms with Crippen LogP contribution in [0.15, 0.2) is 36.4 Å². The zero-order valence-electron chi connectivity index (χ0n) is 19.3. The summed E-state index contributed by atoms with van der Waals surface area (Å²) in [5, 5.41) is 8.11. The molecule has 0 radical (unpaired) electrons. The van der Waals surface area contributed by atoms with E-state index in [2.05, 4.69) is 27.3 Å². The van der Waals surface area contributed by atoms with Crippen LogP contribution in [0.4, 0.5) is 15.9 Å². The van der Waals surface area contributed by atoms with Crippen LogP contribution in [-0.4, -0.2) is 40.9 Å². The smallest absolute Gasteiger partial charge is 0.254 e. The predicted octanol–water partition coefficient (Wildman–Crippen LogP) is 4.49. The van der Waals surface area contributed by atoms with E-state index in [4.69, 9.17) is 14.2 Å². The Hall–Kier alpha value is -3.88. The maximum Gasteiger partial charge on any atom is 0.254 e. The predicted molar refractivity (Wildman–Crippen MR) is 123 cm³/mol. The lowest BCUT2D eigenvalue weighted by molar-refractivity contribution is 0.324. The first-order chi connectivity index (χ1) is 16.0. The van der Waals surface area contributed by atoms with Crippen molar-refractivity contribution in [3.05, 3.63) is 64.9 Å². The van der Waals surface area contributed by atoms with E-state index in [-0.39, 0.29) is 5.82 Å². The van der Waals surface area contributed by atoms with Gasteiger partial charge in [-0.3, -0.25) is 0 Å². The molecule has 0 amide bonds. The maximum atomic E-state index is 13.6. The molecule has 0 unspecified atom stereocenters. The summed E-state index contributed by atoms with van der Waals surface area (Å²) in [5.41, 5.74) is 3.37. The molecule has 33 heavy (non-hydrogen) atoms. The highest BCUT2D eigenvalue weighted by molar-refractivity contribution is 5.69. The number of benzene rings is 2. The molecular weight excluding hydrogens is 425 g/mol. The molecule has 0 saturated heterocycles. The van der Waals surface area contributed by atoms with Gasteiger partial charge < -0.3 is 19.5 Å². The second kappa shape index (κ2) is 9.32. The van der Waals surface area contributed by atoms with Crippen molar-refractivity contribution in [2.75, 3.05) is 26.6 Å². The molecule has 4 rings (SSSR count). The van der Waals surface area contributed by atoms with E-state index in [0.717, 1.165) is 34.7 Å². The van der Waals surface area contributed by atoms with Gasteiger partial charge in [-0.1, -0.05) is 19.1 Å². The number of ether oxygens (including phenoxy) is 3. The molecule has 0 aliphatic heterocycles. The van der Waals surface area contributed by atoms with Crippen molar-refractivity contribution in [1.82, 2.24) is 19.6 Å². The standard InChI is InChI=1S/C24H26FN5O3/c1-6-18-14(2)26-24-28-21(11-15-8-7-9-16(25)10-15)29-30(24)23(18)27-17-12-19(31-3)22(33-5)20(13-17)32-4/h7-10,12-13,27H,6,11H2,1-5H3. The van der Waals surface area contributed by atoms with Gasteiger partial charge in [0, 0.05) is 35.5 Å². The van der Waals surface area contributed by atoms with Crippen LogP contribution in [0.5, 0.6) is 17.2 Å². The molecule has 4 aromatic rings. The third-order valence-corrected chi connectivity index (χ3v) is 5.37. The molecular formula is C24H26FN5O3. The van der Waals surface area contributed by atoms with Crippen molar-refractivity contribution in [1.29, 1.82) is 0 Å². The number of methoxy groups -OCH3 is 3. The fourth-order valence-electron chi connectivity index (χ4n) is 3.83. The van der Waals surface area contributed by atoms with Crippen molar-refractivity contribution in [2.45, 2.75) is 26.7 Å². The number of aromatic nitrogens is 4. The zero-order valence-corrected chi connectivity index (χ0v) is 19.3. The van der Waals surface area contributed by atoms with E-state index in [1.54, 1.807) is 31.9 Å². The molecule has 9 heteroatoms. The molecule has 0 fully saturated rings. The summed E-state index contributed by atoms with van der Waals surface area (Å²) < 4.78 is 31.7. The number of anilines is 2. The Morgan fingerprint density at radius 2 is 1.73 bits per heavy atom. The first-order valence-electron chi connectivity index (χ1n) is 10.5. The lowest BCUT2D eigenvalue weighted by Crippen LogP contribution is -2.08. The number of nitrogens with one attached hydrogen (secondary N) is 1. The molecule has 1 N–H and O–H groups in total. The molecule has 0 aliphatic carbocycles. The van der Waals surface area contributed by atoms with E-state index < -0.39 is 0 Å². The Morgan fingerprint density at radius 3 is 2.33 bits per heavy atom. The lowest BCUT2D eigenvalue weighted by Gasteiger charge is -2.17. The summed E-state index contributed by atoms with van der Waals surface area (Å²) in [6.45, 7) is 4.00. The van der Waals surface area contributed by atoms with Crippen LogP contribution in [0.25, 0.3) is 5.78 Å². The third-order valence-electron chi connectivity index (χ3n) is 5.37. The molecule has 8 nitrogen and oxygen atoms in total. The van der Waals surface area contributed by atoms with Gasteiger partial charge in [-0.05, 0) is 31.0 Å². The Labute approximate surface area is 191 Å². The fourth-order valence-corrected chi connectivity index (χ4v) is 3.83. The van der Waals surface area contributed by atoms with E-state index in [9.17, 15) is 4.39 Å². The Kier molecular flexibility index (Phi) is 6.30. The van der Waals surface area contributed by atoms with Crippen LogP contribution >= 0.6 is 0 Å². The zero-order chi connectivity index (χ0) is 23.5. The first kappa shape index (κ1) is 22.3. The van der Waals surface area contributed by atoms with Crippen LogP contribution < -0.4 is 19.5 Å². The van der Waals surface area contributed by atoms with Crippen LogP contribution in [0.1, 0.15) is 29.6 Å². The van der Waals surface area contributed by atoms with Gasteiger partial charge in [0.15, 0.2) is 17.3 Å². The number of nitrogens with zero attached hydrogens (tertiary/aromatic N) is 4. The van der Waals surface area contributed by atoms with Crippen molar-refractivity contribution in [2.24, 2.45) is 0 Å². The van der Waals surface area contributed by atoms with Crippen molar-refractivity contribution >= 4 is 17.3 Å². The first-order valence-corrected chi connectivity index (χ1v) is 10.5. The number of fused-ring (bicyclic) bond motifs is 1. The van der Waals surface area contributed by atoms with Crippen molar-refractivity contribution < 1.29 is 18.6 Å². The van der Waals surface area contributed by atoms with Crippen LogP contribution in [0, 0.1) is 12.7 Å². The Balaban J connectivity index is 1.80. The summed E-state index contributed by atoms with van der Waals surface area (Å²) in [6.07, 6.45) is 1.13. The number of aryl methyl sites for hydroxylation is 1. The topological polar surface area (TPSA) is 82.8 Å². The number of halogens is 1. The van der Waals surface area contributed by atoms with Gasteiger partial charge >= 0.3 is 0 Å². The van der Waals surface area contributed by atoms with Gasteiger partial charge in [0.25, 0.3) is 5.78 Å². The van der Waals surface area contributed by atoms with Gasteiger partial charge in [-0.2, -0.15) is 9.50 Å². The number of rotatable bonds is 8. The van der Waals surface area contributed by atoms with Crippen molar-refractivity contribution in [3.8, 4) is 17.2 Å². The Bertz CT molecular complexity index is 1280. The van der Waals surface area contributed by atoms with Crippen LogP contribution in [0.2, 0.25) is 0 Å². The normalized spacial score (nSPS) is 11.0. The Morgan fingerprint density at radius 1 is 1.00 bits per heavy atom. The molecule has 2 aromatic carbocycles. The third kappa shape index (κ3) is 4.39. The minimum absolute atomic E-state index is 0.289. The summed E-state index contributed by atoms with van der Waals surface area (Å²) >= 11 is 0. The highest BCUT2D eigenvalue weighted by Gasteiger charge is 2.19. The van der Waals surface area contributed by atoms with E-state index >= 15 is 0 Å². The summed E-state index contributed by atoms with van der Waals surface area (Å²) in [7, 11) is 4.71. The van der Waals surface area contributed by atoms with Crippen LogP contribution in [-0.2, 0) is 12.8 Å². The summed E-state index contributed by atoms with van der Waals surface area (Å²) in [6, 6.07) is 10.1.